The van der Waals surface area contributed by atoms with Gasteiger partial charge >= 0.3 is 0 Å². The molecule has 18 heavy (non-hydrogen) atoms. The number of fused-ring (bicyclic) bond motifs is 1. The predicted molar refractivity (Wildman–Crippen MR) is 74.8 cm³/mol. The van der Waals surface area contributed by atoms with E-state index >= 15 is 0 Å². The summed E-state index contributed by atoms with van der Waals surface area (Å²) >= 11 is 0. The van der Waals surface area contributed by atoms with Gasteiger partial charge in [-0.2, -0.15) is 0 Å². The number of ether oxygens (including phenoxy) is 1. The zero-order chi connectivity index (χ0) is 13.0. The van der Waals surface area contributed by atoms with E-state index in [0.717, 1.165) is 25.9 Å². The Morgan fingerprint density at radius 1 is 1.22 bits per heavy atom. The lowest BCUT2D eigenvalue weighted by molar-refractivity contribution is 0.0295. The number of hydrogen-bond donors (Lipinski definition) is 1. The molecule has 1 unspecified atom stereocenters. The van der Waals surface area contributed by atoms with Gasteiger partial charge in [0.2, 0.25) is 0 Å². The highest BCUT2D eigenvalue weighted by Crippen LogP contribution is 2.21. The molecule has 1 atom stereocenters. The van der Waals surface area contributed by atoms with E-state index in [-0.39, 0.29) is 5.54 Å². The molecule has 1 heterocycles. The minimum atomic E-state index is -0.0448. The van der Waals surface area contributed by atoms with Gasteiger partial charge in [-0.3, -0.25) is 4.90 Å². The molecule has 2 N–H and O–H groups in total. The number of nitrogens with two attached hydrogens (primary N) is 1. The molecule has 0 aromatic heterocycles. The maximum atomic E-state index is 5.96. The van der Waals surface area contributed by atoms with Gasteiger partial charge in [-0.25, -0.2) is 0 Å². The molecule has 0 bridgehead atoms. The lowest BCUT2D eigenvalue weighted by Gasteiger charge is -2.39. The number of nitrogens with zero attached hydrogens (tertiary/aromatic N) is 1. The molecule has 1 aliphatic rings. The molecule has 100 valence electrons. The Bertz CT molecular complexity index is 367. The summed E-state index contributed by atoms with van der Waals surface area (Å²) in [5, 5.41) is 0. The Hall–Kier alpha value is -0.900. The van der Waals surface area contributed by atoms with Crippen molar-refractivity contribution in [1.82, 2.24) is 4.90 Å². The first-order valence-corrected chi connectivity index (χ1v) is 6.70. The zero-order valence-electron chi connectivity index (χ0n) is 11.5. The van der Waals surface area contributed by atoms with E-state index in [2.05, 4.69) is 36.1 Å². The lowest BCUT2D eigenvalue weighted by Crippen LogP contribution is -2.55. The molecule has 2 rings (SSSR count). The summed E-state index contributed by atoms with van der Waals surface area (Å²) in [5.41, 5.74) is 8.88. The third kappa shape index (κ3) is 2.74. The summed E-state index contributed by atoms with van der Waals surface area (Å²) in [4.78, 5) is 2.48. The Morgan fingerprint density at radius 2 is 1.78 bits per heavy atom. The van der Waals surface area contributed by atoms with Crippen molar-refractivity contribution in [3.63, 3.8) is 0 Å². The molecule has 1 aromatic rings. The second-order valence-electron chi connectivity index (χ2n) is 5.39. The van der Waals surface area contributed by atoms with E-state index in [1.54, 1.807) is 7.11 Å². The van der Waals surface area contributed by atoms with E-state index in [9.17, 15) is 0 Å². The summed E-state index contributed by atoms with van der Waals surface area (Å²) < 4.78 is 5.35. The molecule has 0 amide bonds. The number of hydrogen-bond acceptors (Lipinski definition) is 3. The van der Waals surface area contributed by atoms with Crippen molar-refractivity contribution in [2.45, 2.75) is 25.3 Å². The van der Waals surface area contributed by atoms with Crippen LogP contribution in [0.15, 0.2) is 24.3 Å². The Morgan fingerprint density at radius 3 is 2.22 bits per heavy atom. The molecule has 0 saturated carbocycles. The normalized spacial score (nSPS) is 19.9. The highest BCUT2D eigenvalue weighted by molar-refractivity contribution is 5.28. The van der Waals surface area contributed by atoms with Gasteiger partial charge in [0.15, 0.2) is 0 Å². The van der Waals surface area contributed by atoms with Crippen molar-refractivity contribution < 1.29 is 4.74 Å². The summed E-state index contributed by atoms with van der Waals surface area (Å²) in [7, 11) is 1.75. The fraction of sp³-hybridized carbons (Fsp3) is 0.600. The van der Waals surface area contributed by atoms with E-state index in [1.807, 2.05) is 0 Å². The molecule has 0 aliphatic carbocycles. The SMILES string of the molecule is COCC(C)(CN)N1CCc2ccccc2CC1. The van der Waals surface area contributed by atoms with Gasteiger partial charge < -0.3 is 10.5 Å². The topological polar surface area (TPSA) is 38.5 Å². The van der Waals surface area contributed by atoms with Gasteiger partial charge in [-0.1, -0.05) is 24.3 Å². The van der Waals surface area contributed by atoms with Crippen LogP contribution < -0.4 is 5.73 Å². The molecule has 3 heteroatoms. The van der Waals surface area contributed by atoms with E-state index < -0.39 is 0 Å². The van der Waals surface area contributed by atoms with Gasteiger partial charge in [-0.15, -0.1) is 0 Å². The quantitative estimate of drug-likeness (QED) is 0.876. The summed E-state index contributed by atoms with van der Waals surface area (Å²) in [6.07, 6.45) is 2.21. The van der Waals surface area contributed by atoms with Crippen LogP contribution >= 0.6 is 0 Å². The van der Waals surface area contributed by atoms with Crippen molar-refractivity contribution >= 4 is 0 Å². The van der Waals surface area contributed by atoms with Crippen LogP contribution in [0.2, 0.25) is 0 Å². The summed E-state index contributed by atoms with van der Waals surface area (Å²) in [5.74, 6) is 0. The monoisotopic (exact) mass is 248 g/mol. The molecule has 1 aliphatic heterocycles. The fourth-order valence-corrected chi connectivity index (χ4v) is 2.80. The van der Waals surface area contributed by atoms with Crippen LogP contribution in [0.1, 0.15) is 18.1 Å². The van der Waals surface area contributed by atoms with Gasteiger partial charge in [0, 0.05) is 26.7 Å². The summed E-state index contributed by atoms with van der Waals surface area (Å²) in [6, 6.07) is 8.75. The van der Waals surface area contributed by atoms with Crippen LogP contribution in [0.4, 0.5) is 0 Å². The van der Waals surface area contributed by atoms with Gasteiger partial charge in [-0.05, 0) is 30.9 Å². The van der Waals surface area contributed by atoms with Gasteiger partial charge in [0.05, 0.1) is 12.1 Å². The number of rotatable bonds is 4. The zero-order valence-corrected chi connectivity index (χ0v) is 11.5. The average molecular weight is 248 g/mol. The average Bonchev–Trinajstić information content (AvgIpc) is 2.61. The van der Waals surface area contributed by atoms with Crippen molar-refractivity contribution in [2.75, 3.05) is 33.4 Å². The Labute approximate surface area is 110 Å². The van der Waals surface area contributed by atoms with Crippen LogP contribution in [0.3, 0.4) is 0 Å². The molecule has 0 fully saturated rings. The van der Waals surface area contributed by atoms with E-state index in [0.29, 0.717) is 13.2 Å². The highest BCUT2D eigenvalue weighted by atomic mass is 16.5. The van der Waals surface area contributed by atoms with Crippen molar-refractivity contribution in [3.05, 3.63) is 35.4 Å². The van der Waals surface area contributed by atoms with Crippen molar-refractivity contribution in [1.29, 1.82) is 0 Å². The van der Waals surface area contributed by atoms with Crippen LogP contribution in [0.25, 0.3) is 0 Å². The third-order valence-corrected chi connectivity index (χ3v) is 4.08. The smallest absolute Gasteiger partial charge is 0.0656 e. The Kier molecular flexibility index (Phi) is 4.38. The minimum Gasteiger partial charge on any atom is -0.383 e. The van der Waals surface area contributed by atoms with Crippen LogP contribution in [-0.2, 0) is 17.6 Å². The molecule has 3 nitrogen and oxygen atoms in total. The molecular formula is C15H24N2O. The fourth-order valence-electron chi connectivity index (χ4n) is 2.80. The second kappa shape index (κ2) is 5.83. The first kappa shape index (κ1) is 13.5. The van der Waals surface area contributed by atoms with E-state index in [4.69, 9.17) is 10.5 Å². The maximum absolute atomic E-state index is 5.96. The standard InChI is InChI=1S/C15H24N2O/c1-15(11-16,12-18-2)17-9-7-13-5-3-4-6-14(13)8-10-17/h3-6H,7-12,16H2,1-2H3. The van der Waals surface area contributed by atoms with Crippen LogP contribution in [0.5, 0.6) is 0 Å². The largest absolute Gasteiger partial charge is 0.383 e. The van der Waals surface area contributed by atoms with Crippen LogP contribution in [0, 0.1) is 0 Å². The highest BCUT2D eigenvalue weighted by Gasteiger charge is 2.31. The molecule has 0 radical (unpaired) electrons. The van der Waals surface area contributed by atoms with Gasteiger partial charge in [0.25, 0.3) is 0 Å². The van der Waals surface area contributed by atoms with Crippen LogP contribution in [-0.4, -0.2) is 43.8 Å². The molecule has 0 saturated heterocycles. The first-order chi connectivity index (χ1) is 8.69. The summed E-state index contributed by atoms with van der Waals surface area (Å²) in [6.45, 7) is 5.66. The molecule has 0 spiro atoms. The minimum absolute atomic E-state index is 0.0448. The lowest BCUT2D eigenvalue weighted by atomic mass is 10.0. The molecule has 1 aromatic carbocycles. The van der Waals surface area contributed by atoms with Crippen molar-refractivity contribution in [2.24, 2.45) is 5.73 Å². The Balaban J connectivity index is 2.11. The number of methoxy groups -OCH3 is 1. The number of benzene rings is 1. The van der Waals surface area contributed by atoms with Gasteiger partial charge in [0.1, 0.15) is 0 Å². The van der Waals surface area contributed by atoms with Crippen molar-refractivity contribution in [3.8, 4) is 0 Å². The molecular weight excluding hydrogens is 224 g/mol. The first-order valence-electron chi connectivity index (χ1n) is 6.70. The third-order valence-electron chi connectivity index (χ3n) is 4.08. The second-order valence-corrected chi connectivity index (χ2v) is 5.39. The predicted octanol–water partition coefficient (Wildman–Crippen LogP) is 1.45. The maximum Gasteiger partial charge on any atom is 0.0656 e. The van der Waals surface area contributed by atoms with E-state index in [1.165, 1.54) is 11.1 Å².